The molecule has 0 unspecified atom stereocenters. The summed E-state index contributed by atoms with van der Waals surface area (Å²) in [5.41, 5.74) is 2.14. The number of hydrogen-bond donors (Lipinski definition) is 3. The molecule has 0 aliphatic rings. The summed E-state index contributed by atoms with van der Waals surface area (Å²) < 4.78 is 0. The van der Waals surface area contributed by atoms with E-state index in [4.69, 9.17) is 0 Å². The van der Waals surface area contributed by atoms with Crippen LogP contribution in [0.2, 0.25) is 0 Å². The van der Waals surface area contributed by atoms with E-state index in [0.717, 1.165) is 29.7 Å². The molecule has 23 heavy (non-hydrogen) atoms. The van der Waals surface area contributed by atoms with Gasteiger partial charge in [-0.15, -0.1) is 11.3 Å². The Morgan fingerprint density at radius 2 is 1.91 bits per heavy atom. The van der Waals surface area contributed by atoms with Gasteiger partial charge in [-0.2, -0.15) is 0 Å². The molecular weight excluding hydrogens is 310 g/mol. The van der Waals surface area contributed by atoms with Gasteiger partial charge in [0.15, 0.2) is 11.5 Å². The van der Waals surface area contributed by atoms with E-state index >= 15 is 0 Å². The molecule has 2 aromatic rings. The second-order valence-corrected chi connectivity index (χ2v) is 6.63. The Hall–Kier alpha value is -2.01. The molecule has 124 valence electrons. The van der Waals surface area contributed by atoms with Crippen molar-refractivity contribution in [2.45, 2.75) is 39.5 Å². The molecule has 0 aliphatic carbocycles. The van der Waals surface area contributed by atoms with Crippen LogP contribution in [0, 0.1) is 0 Å². The van der Waals surface area contributed by atoms with Crippen molar-refractivity contribution in [2.75, 3.05) is 6.54 Å². The van der Waals surface area contributed by atoms with Crippen LogP contribution in [0.5, 0.6) is 11.5 Å². The van der Waals surface area contributed by atoms with E-state index in [1.807, 2.05) is 6.07 Å². The van der Waals surface area contributed by atoms with E-state index < -0.39 is 0 Å². The highest BCUT2D eigenvalue weighted by molar-refractivity contribution is 7.14. The lowest BCUT2D eigenvalue weighted by Crippen LogP contribution is -2.24. The molecule has 0 spiro atoms. The van der Waals surface area contributed by atoms with E-state index in [0.29, 0.717) is 13.0 Å². The van der Waals surface area contributed by atoms with Crippen molar-refractivity contribution in [3.05, 3.63) is 45.1 Å². The van der Waals surface area contributed by atoms with E-state index in [1.54, 1.807) is 17.4 Å². The third-order valence-corrected chi connectivity index (χ3v) is 4.95. The topological polar surface area (TPSA) is 69.6 Å². The minimum Gasteiger partial charge on any atom is -0.504 e. The first kappa shape index (κ1) is 17.3. The van der Waals surface area contributed by atoms with Crippen LogP contribution in [-0.2, 0) is 19.3 Å². The van der Waals surface area contributed by atoms with Gasteiger partial charge in [-0.1, -0.05) is 26.3 Å². The van der Waals surface area contributed by atoms with Crippen molar-refractivity contribution in [2.24, 2.45) is 0 Å². The average Bonchev–Trinajstić information content (AvgIpc) is 2.94. The second kappa shape index (κ2) is 8.02. The number of carbonyl (C=O) groups excluding carboxylic acids is 1. The van der Waals surface area contributed by atoms with Crippen LogP contribution >= 0.6 is 11.3 Å². The summed E-state index contributed by atoms with van der Waals surface area (Å²) in [7, 11) is 0. The summed E-state index contributed by atoms with van der Waals surface area (Å²) in [6.45, 7) is 4.75. The van der Waals surface area contributed by atoms with Gasteiger partial charge in [0.1, 0.15) is 0 Å². The molecule has 0 atom stereocenters. The standard InChI is InChI=1S/C18H23NO3S/c1-3-5-16-13(4-2)11-17(23-16)18(22)19-9-8-12-6-7-14(20)15(21)10-12/h6-7,10-11,20-21H,3-5,8-9H2,1-2H3,(H,19,22). The molecule has 0 saturated heterocycles. The first-order valence-corrected chi connectivity index (χ1v) is 8.77. The third-order valence-electron chi connectivity index (χ3n) is 3.72. The number of hydrogen-bond acceptors (Lipinski definition) is 4. The SMILES string of the molecule is CCCc1sc(C(=O)NCCc2ccc(O)c(O)c2)cc1CC. The Kier molecular flexibility index (Phi) is 6.04. The summed E-state index contributed by atoms with van der Waals surface area (Å²) in [6, 6.07) is 6.70. The van der Waals surface area contributed by atoms with E-state index in [-0.39, 0.29) is 17.4 Å². The molecule has 1 heterocycles. The van der Waals surface area contributed by atoms with Crippen LogP contribution in [0.4, 0.5) is 0 Å². The predicted molar refractivity (Wildman–Crippen MR) is 93.5 cm³/mol. The number of phenolic OH excluding ortho intramolecular Hbond substituents is 2. The Balaban J connectivity index is 1.92. The lowest BCUT2D eigenvalue weighted by Gasteiger charge is -2.05. The van der Waals surface area contributed by atoms with Crippen LogP contribution in [-0.4, -0.2) is 22.7 Å². The molecule has 0 aliphatic heterocycles. The summed E-state index contributed by atoms with van der Waals surface area (Å²) in [5, 5.41) is 21.7. The Labute approximate surface area is 140 Å². The van der Waals surface area contributed by atoms with Gasteiger partial charge >= 0.3 is 0 Å². The lowest BCUT2D eigenvalue weighted by atomic mass is 10.1. The molecule has 2 rings (SSSR count). The number of carbonyl (C=O) groups is 1. The van der Waals surface area contributed by atoms with Crippen molar-refractivity contribution < 1.29 is 15.0 Å². The molecule has 0 saturated carbocycles. The van der Waals surface area contributed by atoms with Gasteiger partial charge in [0, 0.05) is 11.4 Å². The molecule has 0 bridgehead atoms. The number of phenols is 2. The fraction of sp³-hybridized carbons (Fsp3) is 0.389. The average molecular weight is 333 g/mol. The highest BCUT2D eigenvalue weighted by atomic mass is 32.1. The van der Waals surface area contributed by atoms with Gasteiger partial charge in [0.25, 0.3) is 5.91 Å². The Bertz CT molecular complexity index is 679. The van der Waals surface area contributed by atoms with Crippen LogP contribution in [0.1, 0.15) is 45.9 Å². The quantitative estimate of drug-likeness (QED) is 0.678. The van der Waals surface area contributed by atoms with Crippen molar-refractivity contribution >= 4 is 17.2 Å². The minimum atomic E-state index is -0.135. The van der Waals surface area contributed by atoms with E-state index in [1.165, 1.54) is 22.6 Å². The first-order chi connectivity index (χ1) is 11.0. The molecule has 4 nitrogen and oxygen atoms in total. The molecule has 5 heteroatoms. The number of rotatable bonds is 7. The Morgan fingerprint density at radius 3 is 2.57 bits per heavy atom. The zero-order valence-electron chi connectivity index (χ0n) is 13.6. The maximum Gasteiger partial charge on any atom is 0.261 e. The van der Waals surface area contributed by atoms with Crippen molar-refractivity contribution in [3.63, 3.8) is 0 Å². The third kappa shape index (κ3) is 4.48. The van der Waals surface area contributed by atoms with Gasteiger partial charge in [0.2, 0.25) is 0 Å². The molecule has 1 amide bonds. The largest absolute Gasteiger partial charge is 0.504 e. The number of thiophene rings is 1. The molecule has 0 fully saturated rings. The summed E-state index contributed by atoms with van der Waals surface area (Å²) >= 11 is 1.58. The van der Waals surface area contributed by atoms with Crippen LogP contribution in [0.25, 0.3) is 0 Å². The van der Waals surface area contributed by atoms with Crippen LogP contribution in [0.3, 0.4) is 0 Å². The number of amides is 1. The number of aromatic hydroxyl groups is 2. The van der Waals surface area contributed by atoms with Crippen molar-refractivity contribution in [1.29, 1.82) is 0 Å². The van der Waals surface area contributed by atoms with Gasteiger partial charge in [-0.3, -0.25) is 4.79 Å². The smallest absolute Gasteiger partial charge is 0.261 e. The molecular formula is C18H23NO3S. The first-order valence-electron chi connectivity index (χ1n) is 7.95. The predicted octanol–water partition coefficient (Wildman–Crippen LogP) is 3.65. The molecule has 3 N–H and O–H groups in total. The van der Waals surface area contributed by atoms with Gasteiger partial charge in [-0.25, -0.2) is 0 Å². The molecule has 0 radical (unpaired) electrons. The van der Waals surface area contributed by atoms with Gasteiger partial charge < -0.3 is 15.5 Å². The van der Waals surface area contributed by atoms with Gasteiger partial charge in [-0.05, 0) is 48.6 Å². The number of aryl methyl sites for hydroxylation is 2. The van der Waals surface area contributed by atoms with Crippen molar-refractivity contribution in [1.82, 2.24) is 5.32 Å². The summed E-state index contributed by atoms with van der Waals surface area (Å²) in [5.74, 6) is -0.314. The van der Waals surface area contributed by atoms with E-state index in [2.05, 4.69) is 19.2 Å². The lowest BCUT2D eigenvalue weighted by molar-refractivity contribution is 0.0958. The van der Waals surface area contributed by atoms with E-state index in [9.17, 15) is 15.0 Å². The van der Waals surface area contributed by atoms with Crippen LogP contribution < -0.4 is 5.32 Å². The summed E-state index contributed by atoms with van der Waals surface area (Å²) in [4.78, 5) is 14.3. The zero-order chi connectivity index (χ0) is 16.8. The fourth-order valence-electron chi connectivity index (χ4n) is 2.45. The summed E-state index contributed by atoms with van der Waals surface area (Å²) in [6.07, 6.45) is 3.66. The zero-order valence-corrected chi connectivity index (χ0v) is 14.4. The molecule has 1 aromatic heterocycles. The maximum atomic E-state index is 12.3. The van der Waals surface area contributed by atoms with Crippen LogP contribution in [0.15, 0.2) is 24.3 Å². The number of benzene rings is 1. The van der Waals surface area contributed by atoms with Gasteiger partial charge in [0.05, 0.1) is 4.88 Å². The highest BCUT2D eigenvalue weighted by Crippen LogP contribution is 2.26. The maximum absolute atomic E-state index is 12.3. The normalized spacial score (nSPS) is 10.7. The Morgan fingerprint density at radius 1 is 1.13 bits per heavy atom. The fourth-order valence-corrected chi connectivity index (χ4v) is 3.72. The monoisotopic (exact) mass is 333 g/mol. The number of nitrogens with one attached hydrogen (secondary N) is 1. The molecule has 1 aromatic carbocycles. The minimum absolute atomic E-state index is 0.0462. The van der Waals surface area contributed by atoms with Crippen molar-refractivity contribution in [3.8, 4) is 11.5 Å². The second-order valence-electron chi connectivity index (χ2n) is 5.49. The highest BCUT2D eigenvalue weighted by Gasteiger charge is 2.13.